The molecule has 0 aromatic heterocycles. The lowest BCUT2D eigenvalue weighted by Gasteiger charge is -2.06. The molecular weight excluding hydrogens is 156 g/mol. The molecule has 1 aliphatic rings. The monoisotopic (exact) mass is 172 g/mol. The zero-order valence-corrected chi connectivity index (χ0v) is 8.43. The molecule has 1 fully saturated rings. The van der Waals surface area contributed by atoms with E-state index in [1.54, 1.807) is 0 Å². The van der Waals surface area contributed by atoms with Gasteiger partial charge in [0, 0.05) is 0 Å². The second kappa shape index (κ2) is 3.02. The molecule has 1 aromatic carbocycles. The lowest BCUT2D eigenvalue weighted by molar-refractivity contribution is 1.15. The minimum atomic E-state index is 0.780. The summed E-state index contributed by atoms with van der Waals surface area (Å²) in [5.41, 5.74) is 5.42. The summed E-state index contributed by atoms with van der Waals surface area (Å²) in [4.78, 5) is 0. The highest BCUT2D eigenvalue weighted by Gasteiger charge is 2.25. The van der Waals surface area contributed by atoms with Crippen molar-refractivity contribution < 1.29 is 0 Å². The Morgan fingerprint density at radius 2 is 1.92 bits per heavy atom. The highest BCUT2D eigenvalue weighted by molar-refractivity contribution is 5.67. The number of allylic oxidation sites excluding steroid dienone is 1. The van der Waals surface area contributed by atoms with Gasteiger partial charge in [0.15, 0.2) is 0 Å². The molecule has 1 aromatic rings. The van der Waals surface area contributed by atoms with E-state index in [9.17, 15) is 0 Å². The lowest BCUT2D eigenvalue weighted by Crippen LogP contribution is -1.88. The quantitative estimate of drug-likeness (QED) is 0.637. The third-order valence-electron chi connectivity index (χ3n) is 2.95. The van der Waals surface area contributed by atoms with Gasteiger partial charge in [0.05, 0.1) is 0 Å². The Hall–Kier alpha value is -1.04. The Bertz CT molecular complexity index is 343. The number of aryl methyl sites for hydroxylation is 2. The van der Waals surface area contributed by atoms with Crippen LogP contribution in [0.2, 0.25) is 0 Å². The Kier molecular flexibility index (Phi) is 1.99. The van der Waals surface area contributed by atoms with Crippen molar-refractivity contribution in [3.05, 3.63) is 41.5 Å². The van der Waals surface area contributed by atoms with Gasteiger partial charge < -0.3 is 0 Å². The Morgan fingerprint density at radius 3 is 2.46 bits per heavy atom. The summed E-state index contributed by atoms with van der Waals surface area (Å²) in [5, 5.41) is 0. The molecule has 0 spiro atoms. The summed E-state index contributed by atoms with van der Waals surface area (Å²) < 4.78 is 0. The molecule has 0 bridgehead atoms. The van der Waals surface area contributed by atoms with Crippen LogP contribution in [0.25, 0.3) is 5.57 Å². The van der Waals surface area contributed by atoms with Crippen molar-refractivity contribution in [2.24, 2.45) is 5.92 Å². The minimum absolute atomic E-state index is 0.780. The van der Waals surface area contributed by atoms with Crippen molar-refractivity contribution >= 4 is 5.57 Å². The van der Waals surface area contributed by atoms with E-state index in [4.69, 9.17) is 0 Å². The van der Waals surface area contributed by atoms with Crippen LogP contribution in [0.5, 0.6) is 0 Å². The van der Waals surface area contributed by atoms with E-state index in [1.165, 1.54) is 35.1 Å². The molecule has 68 valence electrons. The van der Waals surface area contributed by atoms with Crippen LogP contribution in [0.4, 0.5) is 0 Å². The van der Waals surface area contributed by atoms with Crippen LogP contribution in [-0.2, 0) is 0 Å². The summed E-state index contributed by atoms with van der Waals surface area (Å²) in [6.07, 6.45) is 2.68. The van der Waals surface area contributed by atoms with Crippen molar-refractivity contribution in [1.29, 1.82) is 0 Å². The first-order valence-corrected chi connectivity index (χ1v) is 4.95. The van der Waals surface area contributed by atoms with Gasteiger partial charge in [-0.25, -0.2) is 0 Å². The van der Waals surface area contributed by atoms with Crippen LogP contribution in [0, 0.1) is 19.8 Å². The molecule has 1 saturated carbocycles. The molecule has 13 heavy (non-hydrogen) atoms. The fourth-order valence-corrected chi connectivity index (χ4v) is 1.61. The number of hydrogen-bond donors (Lipinski definition) is 0. The smallest absolute Gasteiger partial charge is 0.0161 e. The molecule has 0 N–H and O–H groups in total. The van der Waals surface area contributed by atoms with Crippen LogP contribution < -0.4 is 0 Å². The van der Waals surface area contributed by atoms with E-state index >= 15 is 0 Å². The van der Waals surface area contributed by atoms with E-state index in [0.29, 0.717) is 0 Å². The predicted molar refractivity (Wildman–Crippen MR) is 57.7 cm³/mol. The van der Waals surface area contributed by atoms with E-state index in [-0.39, 0.29) is 0 Å². The maximum absolute atomic E-state index is 4.16. The first-order chi connectivity index (χ1) is 6.18. The highest BCUT2D eigenvalue weighted by atomic mass is 14.3. The second-order valence-electron chi connectivity index (χ2n) is 4.10. The second-order valence-corrected chi connectivity index (χ2v) is 4.10. The fourth-order valence-electron chi connectivity index (χ4n) is 1.61. The van der Waals surface area contributed by atoms with Gasteiger partial charge in [-0.15, -0.1) is 0 Å². The molecule has 0 atom stereocenters. The van der Waals surface area contributed by atoms with Gasteiger partial charge in [-0.2, -0.15) is 0 Å². The fraction of sp³-hybridized carbons (Fsp3) is 0.385. The Balaban J connectivity index is 2.30. The van der Waals surface area contributed by atoms with Gasteiger partial charge >= 0.3 is 0 Å². The van der Waals surface area contributed by atoms with Crippen molar-refractivity contribution in [1.82, 2.24) is 0 Å². The third kappa shape index (κ3) is 1.67. The van der Waals surface area contributed by atoms with Crippen molar-refractivity contribution in [3.8, 4) is 0 Å². The zero-order chi connectivity index (χ0) is 9.42. The van der Waals surface area contributed by atoms with Gasteiger partial charge in [0.2, 0.25) is 0 Å². The van der Waals surface area contributed by atoms with Crippen molar-refractivity contribution in [2.75, 3.05) is 0 Å². The van der Waals surface area contributed by atoms with Crippen molar-refractivity contribution in [2.45, 2.75) is 26.7 Å². The first-order valence-electron chi connectivity index (χ1n) is 4.95. The van der Waals surface area contributed by atoms with Gasteiger partial charge in [-0.05, 0) is 54.9 Å². The van der Waals surface area contributed by atoms with E-state index < -0.39 is 0 Å². The largest absolute Gasteiger partial charge is 0.0950 e. The summed E-state index contributed by atoms with van der Waals surface area (Å²) in [6, 6.07) is 6.65. The molecular formula is C13H16. The number of benzene rings is 1. The molecule has 2 rings (SSSR count). The van der Waals surface area contributed by atoms with Gasteiger partial charge in [-0.1, -0.05) is 24.8 Å². The molecule has 0 aliphatic heterocycles. The predicted octanol–water partition coefficient (Wildman–Crippen LogP) is 3.73. The summed E-state index contributed by atoms with van der Waals surface area (Å²) in [5.74, 6) is 0.780. The standard InChI is InChI=1S/C13H16/c1-9-4-5-13(8-10(9)2)11(3)12-6-7-12/h4-5,8,12H,3,6-7H2,1-2H3. The normalized spacial score (nSPS) is 15.8. The van der Waals surface area contributed by atoms with Crippen LogP contribution in [-0.4, -0.2) is 0 Å². The van der Waals surface area contributed by atoms with Crippen molar-refractivity contribution in [3.63, 3.8) is 0 Å². The van der Waals surface area contributed by atoms with Crippen LogP contribution >= 0.6 is 0 Å². The minimum Gasteiger partial charge on any atom is -0.0950 e. The van der Waals surface area contributed by atoms with E-state index in [2.05, 4.69) is 38.6 Å². The molecule has 0 heterocycles. The number of hydrogen-bond acceptors (Lipinski definition) is 0. The molecule has 0 amide bonds. The third-order valence-corrected chi connectivity index (χ3v) is 2.95. The molecule has 1 aliphatic carbocycles. The van der Waals surface area contributed by atoms with Crippen LogP contribution in [0.15, 0.2) is 24.8 Å². The molecule has 0 heteroatoms. The van der Waals surface area contributed by atoms with E-state index in [1.807, 2.05) is 0 Å². The molecule has 0 radical (unpaired) electrons. The van der Waals surface area contributed by atoms with Gasteiger partial charge in [0.25, 0.3) is 0 Å². The highest BCUT2D eigenvalue weighted by Crippen LogP contribution is 2.40. The molecule has 0 unspecified atom stereocenters. The van der Waals surface area contributed by atoms with E-state index in [0.717, 1.165) is 5.92 Å². The first kappa shape index (κ1) is 8.55. The summed E-state index contributed by atoms with van der Waals surface area (Å²) in [7, 11) is 0. The van der Waals surface area contributed by atoms with Crippen LogP contribution in [0.1, 0.15) is 29.5 Å². The summed E-state index contributed by atoms with van der Waals surface area (Å²) in [6.45, 7) is 8.48. The molecule has 0 nitrogen and oxygen atoms in total. The average Bonchev–Trinajstić information content (AvgIpc) is 2.91. The zero-order valence-electron chi connectivity index (χ0n) is 8.43. The van der Waals surface area contributed by atoms with Gasteiger partial charge in [-0.3, -0.25) is 0 Å². The molecule has 0 saturated heterocycles. The topological polar surface area (TPSA) is 0 Å². The lowest BCUT2D eigenvalue weighted by atomic mass is 9.99. The average molecular weight is 172 g/mol. The Labute approximate surface area is 80.3 Å². The Morgan fingerprint density at radius 1 is 1.23 bits per heavy atom. The number of rotatable bonds is 2. The van der Waals surface area contributed by atoms with Crippen LogP contribution in [0.3, 0.4) is 0 Å². The van der Waals surface area contributed by atoms with Gasteiger partial charge in [0.1, 0.15) is 0 Å². The SMILES string of the molecule is C=C(c1ccc(C)c(C)c1)C1CC1. The maximum Gasteiger partial charge on any atom is -0.0161 e. The maximum atomic E-state index is 4.16. The summed E-state index contributed by atoms with van der Waals surface area (Å²) >= 11 is 0.